The maximum atomic E-state index is 5.16. The fourth-order valence-electron chi connectivity index (χ4n) is 1.81. The van der Waals surface area contributed by atoms with E-state index < -0.39 is 0 Å². The molecule has 0 unspecified atom stereocenters. The monoisotopic (exact) mass is 326 g/mol. The highest BCUT2D eigenvalue weighted by Gasteiger charge is 2.18. The summed E-state index contributed by atoms with van der Waals surface area (Å²) in [5.41, 5.74) is 2.36. The van der Waals surface area contributed by atoms with Crippen LogP contribution in [0.1, 0.15) is 17.1 Å². The van der Waals surface area contributed by atoms with Gasteiger partial charge in [-0.3, -0.25) is 0 Å². The van der Waals surface area contributed by atoms with Gasteiger partial charge in [-0.1, -0.05) is 5.16 Å². The van der Waals surface area contributed by atoms with Crippen LogP contribution in [-0.2, 0) is 11.3 Å². The minimum absolute atomic E-state index is 0.397. The Morgan fingerprint density at radius 3 is 2.58 bits per heavy atom. The molecule has 0 atom stereocenters. The largest absolute Gasteiger partial charge is 0.378 e. The smallest absolute Gasteiger partial charge is 0.167 e. The highest BCUT2D eigenvalue weighted by molar-refractivity contribution is 9.10. The first-order valence-corrected chi connectivity index (χ1v) is 6.54. The molecule has 0 spiro atoms. The van der Waals surface area contributed by atoms with Crippen molar-refractivity contribution in [3.8, 4) is 11.4 Å². The van der Waals surface area contributed by atoms with E-state index in [0.717, 1.165) is 21.4 Å². The van der Waals surface area contributed by atoms with Crippen LogP contribution >= 0.6 is 15.9 Å². The molecule has 2 heterocycles. The van der Waals surface area contributed by atoms with Gasteiger partial charge < -0.3 is 14.6 Å². The van der Waals surface area contributed by atoms with E-state index in [1.165, 1.54) is 0 Å². The summed E-state index contributed by atoms with van der Waals surface area (Å²) in [6.45, 7) is 4.11. The number of ether oxygens (including phenoxy) is 1. The molecule has 0 aliphatic heterocycles. The lowest BCUT2D eigenvalue weighted by molar-refractivity contribution is 0.181. The first-order valence-electron chi connectivity index (χ1n) is 5.74. The lowest BCUT2D eigenvalue weighted by atomic mass is 10.2. The first-order chi connectivity index (χ1) is 9.08. The SMILES string of the molecule is CNc1nc(-c2c(C)noc2C)nc(COC)c1Br. The highest BCUT2D eigenvalue weighted by atomic mass is 79.9. The Kier molecular flexibility index (Phi) is 4.16. The molecule has 0 fully saturated rings. The van der Waals surface area contributed by atoms with Crippen LogP contribution < -0.4 is 5.32 Å². The van der Waals surface area contributed by atoms with Gasteiger partial charge in [-0.15, -0.1) is 0 Å². The molecule has 2 rings (SSSR count). The minimum Gasteiger partial charge on any atom is -0.378 e. The van der Waals surface area contributed by atoms with E-state index in [-0.39, 0.29) is 0 Å². The lowest BCUT2D eigenvalue weighted by Crippen LogP contribution is -2.04. The number of rotatable bonds is 4. The first kappa shape index (κ1) is 14.0. The Balaban J connectivity index is 2.61. The lowest BCUT2D eigenvalue weighted by Gasteiger charge is -2.10. The molecule has 2 aromatic rings. The van der Waals surface area contributed by atoms with Crippen LogP contribution in [0.2, 0.25) is 0 Å². The van der Waals surface area contributed by atoms with Gasteiger partial charge in [0.15, 0.2) is 5.82 Å². The number of aryl methyl sites for hydroxylation is 2. The Labute approximate surface area is 119 Å². The van der Waals surface area contributed by atoms with Crippen molar-refractivity contribution < 1.29 is 9.26 Å². The summed E-state index contributed by atoms with van der Waals surface area (Å²) in [7, 11) is 3.43. The molecule has 0 amide bonds. The molecular formula is C12H15BrN4O2. The van der Waals surface area contributed by atoms with Crippen molar-refractivity contribution in [2.75, 3.05) is 19.5 Å². The zero-order valence-electron chi connectivity index (χ0n) is 11.2. The second kappa shape index (κ2) is 5.66. The summed E-state index contributed by atoms with van der Waals surface area (Å²) < 4.78 is 11.1. The van der Waals surface area contributed by atoms with E-state index in [2.05, 4.69) is 36.4 Å². The molecule has 6 nitrogen and oxygen atoms in total. The third kappa shape index (κ3) is 2.62. The van der Waals surface area contributed by atoms with Crippen molar-refractivity contribution in [1.82, 2.24) is 15.1 Å². The van der Waals surface area contributed by atoms with E-state index in [9.17, 15) is 0 Å². The van der Waals surface area contributed by atoms with E-state index in [0.29, 0.717) is 24.0 Å². The maximum absolute atomic E-state index is 5.16. The summed E-state index contributed by atoms with van der Waals surface area (Å²) in [5.74, 6) is 1.98. The fourth-order valence-corrected chi connectivity index (χ4v) is 2.30. The highest BCUT2D eigenvalue weighted by Crippen LogP contribution is 2.30. The van der Waals surface area contributed by atoms with Gasteiger partial charge in [-0.2, -0.15) is 0 Å². The zero-order chi connectivity index (χ0) is 14.0. The summed E-state index contributed by atoms with van der Waals surface area (Å²) in [6.07, 6.45) is 0. The number of halogens is 1. The van der Waals surface area contributed by atoms with Crippen LogP contribution in [0, 0.1) is 13.8 Å². The molecule has 0 aliphatic rings. The second-order valence-corrected chi connectivity index (χ2v) is 4.83. The quantitative estimate of drug-likeness (QED) is 0.931. The molecule has 1 N–H and O–H groups in total. The van der Waals surface area contributed by atoms with Crippen molar-refractivity contribution in [2.24, 2.45) is 0 Å². The summed E-state index contributed by atoms with van der Waals surface area (Å²) in [6, 6.07) is 0. The van der Waals surface area contributed by atoms with Crippen LogP contribution in [0.4, 0.5) is 5.82 Å². The van der Waals surface area contributed by atoms with Crippen LogP contribution in [0.5, 0.6) is 0 Å². The topological polar surface area (TPSA) is 73.1 Å². The van der Waals surface area contributed by atoms with E-state index in [4.69, 9.17) is 9.26 Å². The Bertz CT molecular complexity index is 578. The van der Waals surface area contributed by atoms with Crippen LogP contribution in [0.15, 0.2) is 9.00 Å². The van der Waals surface area contributed by atoms with Crippen molar-refractivity contribution in [3.05, 3.63) is 21.6 Å². The molecule has 0 radical (unpaired) electrons. The van der Waals surface area contributed by atoms with E-state index >= 15 is 0 Å². The third-order valence-corrected chi connectivity index (χ3v) is 3.53. The molecule has 0 saturated heterocycles. The molecule has 0 saturated carbocycles. The molecule has 7 heteroatoms. The molecule has 2 aromatic heterocycles. The Morgan fingerprint density at radius 2 is 2.05 bits per heavy atom. The predicted molar refractivity (Wildman–Crippen MR) is 75.0 cm³/mol. The van der Waals surface area contributed by atoms with Crippen LogP contribution in [0.3, 0.4) is 0 Å². The van der Waals surface area contributed by atoms with Gasteiger partial charge in [0.05, 0.1) is 28.0 Å². The maximum Gasteiger partial charge on any atom is 0.167 e. The standard InChI is InChI=1S/C12H15BrN4O2/c1-6-9(7(2)19-17-6)11-15-8(5-18-4)10(13)12(14-3)16-11/h5H2,1-4H3,(H,14,15,16). The Morgan fingerprint density at radius 1 is 1.32 bits per heavy atom. The van der Waals surface area contributed by atoms with Gasteiger partial charge >= 0.3 is 0 Å². The number of nitrogens with zero attached hydrogens (tertiary/aromatic N) is 3. The summed E-state index contributed by atoms with van der Waals surface area (Å²) >= 11 is 3.47. The van der Waals surface area contributed by atoms with Gasteiger partial charge in [0, 0.05) is 14.2 Å². The minimum atomic E-state index is 0.397. The molecule has 0 aliphatic carbocycles. The number of hydrogen-bond donors (Lipinski definition) is 1. The number of anilines is 1. The van der Waals surface area contributed by atoms with Gasteiger partial charge in [-0.25, -0.2) is 9.97 Å². The van der Waals surface area contributed by atoms with Gasteiger partial charge in [0.2, 0.25) is 0 Å². The number of nitrogens with one attached hydrogen (secondary N) is 1. The van der Waals surface area contributed by atoms with Gasteiger partial charge in [0.25, 0.3) is 0 Å². The Hall–Kier alpha value is -1.47. The van der Waals surface area contributed by atoms with Crippen molar-refractivity contribution in [2.45, 2.75) is 20.5 Å². The van der Waals surface area contributed by atoms with Crippen molar-refractivity contribution in [3.63, 3.8) is 0 Å². The summed E-state index contributed by atoms with van der Waals surface area (Å²) in [4.78, 5) is 8.98. The average Bonchev–Trinajstić information content (AvgIpc) is 2.72. The van der Waals surface area contributed by atoms with Gasteiger partial charge in [0.1, 0.15) is 11.6 Å². The molecule has 0 aromatic carbocycles. The molecule has 102 valence electrons. The molecular weight excluding hydrogens is 312 g/mol. The van der Waals surface area contributed by atoms with E-state index in [1.807, 2.05) is 13.8 Å². The molecule has 19 heavy (non-hydrogen) atoms. The predicted octanol–water partition coefficient (Wildman–Crippen LogP) is 2.70. The van der Waals surface area contributed by atoms with Crippen molar-refractivity contribution >= 4 is 21.7 Å². The van der Waals surface area contributed by atoms with Crippen LogP contribution in [-0.4, -0.2) is 29.3 Å². The summed E-state index contributed by atoms with van der Waals surface area (Å²) in [5, 5.41) is 6.96. The second-order valence-electron chi connectivity index (χ2n) is 4.04. The van der Waals surface area contributed by atoms with Gasteiger partial charge in [-0.05, 0) is 29.8 Å². The normalized spacial score (nSPS) is 10.8. The van der Waals surface area contributed by atoms with Crippen LogP contribution in [0.25, 0.3) is 11.4 Å². The van der Waals surface area contributed by atoms with Crippen molar-refractivity contribution in [1.29, 1.82) is 0 Å². The fraction of sp³-hybridized carbons (Fsp3) is 0.417. The number of aromatic nitrogens is 3. The third-order valence-electron chi connectivity index (χ3n) is 2.69. The van der Waals surface area contributed by atoms with E-state index in [1.54, 1.807) is 14.2 Å². The number of methoxy groups -OCH3 is 1. The average molecular weight is 327 g/mol. The number of hydrogen-bond acceptors (Lipinski definition) is 6. The zero-order valence-corrected chi connectivity index (χ0v) is 12.8. The molecule has 0 bridgehead atoms.